The minimum Gasteiger partial charge on any atom is -0.115 e. The van der Waals surface area contributed by atoms with Gasteiger partial charge in [0.2, 0.25) is 0 Å². The largest absolute Gasteiger partial charge is 0.115 e. The highest BCUT2D eigenvalue weighted by atomic mass is 14.0. The van der Waals surface area contributed by atoms with E-state index in [9.17, 15) is 0 Å². The molecule has 0 heteroatoms. The Bertz CT molecular complexity index is 1890. The highest BCUT2D eigenvalue weighted by molar-refractivity contribution is 5.52. The topological polar surface area (TPSA) is 0 Å². The van der Waals surface area contributed by atoms with Crippen molar-refractivity contribution in [2.24, 2.45) is 0 Å². The minimum atomic E-state index is 0.847. The zero-order chi connectivity index (χ0) is 29.0. The lowest BCUT2D eigenvalue weighted by Gasteiger charge is -1.95. The van der Waals surface area contributed by atoms with Crippen LogP contribution in [0, 0.1) is 72.1 Å². The van der Waals surface area contributed by atoms with Gasteiger partial charge in [-0.2, -0.15) is 0 Å². The van der Waals surface area contributed by atoms with Crippen LogP contribution in [0.25, 0.3) is 0 Å². The van der Waals surface area contributed by atoms with Gasteiger partial charge in [0.1, 0.15) is 0 Å². The first-order valence-corrected chi connectivity index (χ1v) is 13.2. The molecule has 0 aromatic heterocycles. The van der Waals surface area contributed by atoms with Gasteiger partial charge in [-0.3, -0.25) is 0 Å². The van der Waals surface area contributed by atoms with E-state index in [2.05, 4.69) is 59.2 Å². The maximum Gasteiger partial charge on any atom is 0.0249 e. The molecule has 0 atom stereocenters. The normalized spacial score (nSPS) is 9.10. The van der Waals surface area contributed by atoms with Crippen molar-refractivity contribution < 1.29 is 0 Å². The number of benzene rings is 5. The molecule has 0 aliphatic rings. The molecule has 0 spiro atoms. The molecule has 0 nitrogen and oxygen atoms in total. The molecule has 0 unspecified atom stereocenters. The molecular weight excluding hydrogens is 504 g/mol. The van der Waals surface area contributed by atoms with Crippen molar-refractivity contribution in [3.05, 3.63) is 177 Å². The summed E-state index contributed by atoms with van der Waals surface area (Å²) in [5.41, 5.74) is 9.12. The first kappa shape index (κ1) is 27.0. The first-order valence-electron chi connectivity index (χ1n) is 13.2. The zero-order valence-corrected chi connectivity index (χ0v) is 22.7. The van der Waals surface area contributed by atoms with Gasteiger partial charge in [0.05, 0.1) is 0 Å². The van der Waals surface area contributed by atoms with Gasteiger partial charge >= 0.3 is 0 Å². The van der Waals surface area contributed by atoms with E-state index in [1.807, 2.05) is 121 Å². The minimum absolute atomic E-state index is 0.847. The maximum atomic E-state index is 5.40. The summed E-state index contributed by atoms with van der Waals surface area (Å²) < 4.78 is 0. The highest BCUT2D eigenvalue weighted by Gasteiger charge is 1.94. The van der Waals surface area contributed by atoms with E-state index in [0.29, 0.717) is 0 Å². The van der Waals surface area contributed by atoms with Crippen LogP contribution in [-0.2, 0) is 0 Å². The Morgan fingerprint density at radius 3 is 0.452 bits per heavy atom. The second kappa shape index (κ2) is 13.5. The molecule has 190 valence electrons. The van der Waals surface area contributed by atoms with Crippen molar-refractivity contribution in [2.45, 2.75) is 0 Å². The summed E-state index contributed by atoms with van der Waals surface area (Å²) in [6.07, 6.45) is 10.8. The summed E-state index contributed by atoms with van der Waals surface area (Å²) in [7, 11) is 0. The molecule has 0 amide bonds. The molecule has 0 aliphatic carbocycles. The van der Waals surface area contributed by atoms with Crippen molar-refractivity contribution in [1.82, 2.24) is 0 Å². The van der Waals surface area contributed by atoms with Gasteiger partial charge < -0.3 is 0 Å². The molecule has 0 radical (unpaired) electrons. The summed E-state index contributed by atoms with van der Waals surface area (Å²) >= 11 is 0. The summed E-state index contributed by atoms with van der Waals surface area (Å²) in [6.45, 7) is 0. The van der Waals surface area contributed by atoms with Crippen LogP contribution in [0.5, 0.6) is 0 Å². The van der Waals surface area contributed by atoms with Crippen LogP contribution >= 0.6 is 0 Å². The van der Waals surface area contributed by atoms with Crippen LogP contribution in [0.3, 0.4) is 0 Å². The van der Waals surface area contributed by atoms with Crippen LogP contribution < -0.4 is 0 Å². The van der Waals surface area contributed by atoms with E-state index in [0.717, 1.165) is 55.6 Å². The van der Waals surface area contributed by atoms with Crippen molar-refractivity contribution >= 4 is 0 Å². The number of rotatable bonds is 0. The van der Waals surface area contributed by atoms with Gasteiger partial charge in [-0.05, 0) is 121 Å². The number of terminal acetylenes is 2. The van der Waals surface area contributed by atoms with Crippen molar-refractivity contribution in [1.29, 1.82) is 0 Å². The van der Waals surface area contributed by atoms with E-state index < -0.39 is 0 Å². The van der Waals surface area contributed by atoms with Crippen LogP contribution in [0.2, 0.25) is 0 Å². The molecule has 0 aliphatic heterocycles. The molecule has 42 heavy (non-hydrogen) atoms. The Morgan fingerprint density at radius 2 is 0.333 bits per heavy atom. The Morgan fingerprint density at radius 1 is 0.214 bits per heavy atom. The third-order valence-corrected chi connectivity index (χ3v) is 6.16. The van der Waals surface area contributed by atoms with Gasteiger partial charge in [0, 0.05) is 55.6 Å². The smallest absolute Gasteiger partial charge is 0.0249 e. The van der Waals surface area contributed by atoms with Gasteiger partial charge in [0.15, 0.2) is 0 Å². The van der Waals surface area contributed by atoms with Gasteiger partial charge in [0.25, 0.3) is 0 Å². The molecular formula is C42H22. The van der Waals surface area contributed by atoms with Crippen molar-refractivity contribution in [3.8, 4) is 72.1 Å². The number of hydrogen-bond donors (Lipinski definition) is 0. The first-order chi connectivity index (χ1) is 20.7. The Kier molecular flexibility index (Phi) is 8.69. The SMILES string of the molecule is C#Cc1ccc(C#Cc2ccc(C#Cc3ccc(C#Cc4ccc(C#Cc5ccc(C#C)cc5)cc4)cc3)cc2)cc1. The second-order valence-corrected chi connectivity index (χ2v) is 9.18. The maximum absolute atomic E-state index is 5.40. The van der Waals surface area contributed by atoms with Crippen LogP contribution in [-0.4, -0.2) is 0 Å². The quantitative estimate of drug-likeness (QED) is 0.187. The third-order valence-electron chi connectivity index (χ3n) is 6.16. The summed E-state index contributed by atoms with van der Waals surface area (Å²) in [4.78, 5) is 0. The molecule has 0 saturated heterocycles. The van der Waals surface area contributed by atoms with Crippen LogP contribution in [0.4, 0.5) is 0 Å². The molecule has 5 rings (SSSR count). The Hall–Kier alpha value is -6.54. The monoisotopic (exact) mass is 526 g/mol. The second-order valence-electron chi connectivity index (χ2n) is 9.18. The fourth-order valence-electron chi connectivity index (χ4n) is 3.79. The molecule has 5 aromatic rings. The molecule has 0 saturated carbocycles. The van der Waals surface area contributed by atoms with E-state index in [-0.39, 0.29) is 0 Å². The standard InChI is InChI=1S/C42H22/c1-3-33-5-9-35(10-6-33)13-15-37-17-21-39(22-18-37)25-27-41-29-31-42(32-30-41)28-26-40-23-19-38(20-24-40)16-14-36-11-7-34(4-2)8-12-36/h1-2,5-12,17-24,29-32H. The molecule has 5 aromatic carbocycles. The van der Waals surface area contributed by atoms with Crippen LogP contribution in [0.15, 0.2) is 121 Å². The summed E-state index contributed by atoms with van der Waals surface area (Å²) in [6, 6.07) is 39.0. The predicted molar refractivity (Wildman–Crippen MR) is 172 cm³/mol. The molecule has 0 bridgehead atoms. The van der Waals surface area contributed by atoms with E-state index >= 15 is 0 Å². The van der Waals surface area contributed by atoms with Gasteiger partial charge in [-0.25, -0.2) is 0 Å². The molecule has 0 fully saturated rings. The third kappa shape index (κ3) is 7.75. The number of hydrogen-bond acceptors (Lipinski definition) is 0. The zero-order valence-electron chi connectivity index (χ0n) is 22.7. The molecule has 0 N–H and O–H groups in total. The highest BCUT2D eigenvalue weighted by Crippen LogP contribution is 2.08. The summed E-state index contributed by atoms with van der Waals surface area (Å²) in [5, 5.41) is 0. The fraction of sp³-hybridized carbons (Fsp3) is 0. The lowest BCUT2D eigenvalue weighted by Crippen LogP contribution is -1.81. The van der Waals surface area contributed by atoms with Gasteiger partial charge in [-0.1, -0.05) is 59.2 Å². The van der Waals surface area contributed by atoms with E-state index in [1.54, 1.807) is 0 Å². The lowest BCUT2D eigenvalue weighted by molar-refractivity contribution is 1.57. The predicted octanol–water partition coefficient (Wildman–Crippen LogP) is 7.25. The van der Waals surface area contributed by atoms with Gasteiger partial charge in [-0.15, -0.1) is 12.8 Å². The molecule has 0 heterocycles. The fourth-order valence-corrected chi connectivity index (χ4v) is 3.79. The average Bonchev–Trinajstić information content (AvgIpc) is 3.06. The van der Waals surface area contributed by atoms with Crippen LogP contribution in [0.1, 0.15) is 55.6 Å². The van der Waals surface area contributed by atoms with E-state index in [1.165, 1.54) is 0 Å². The summed E-state index contributed by atoms with van der Waals surface area (Å²) in [5.74, 6) is 30.7. The van der Waals surface area contributed by atoms with E-state index in [4.69, 9.17) is 12.8 Å². The Labute approximate surface area is 248 Å². The Balaban J connectivity index is 1.17. The average molecular weight is 527 g/mol. The van der Waals surface area contributed by atoms with Crippen molar-refractivity contribution in [2.75, 3.05) is 0 Å². The van der Waals surface area contributed by atoms with Crippen molar-refractivity contribution in [3.63, 3.8) is 0 Å². The lowest BCUT2D eigenvalue weighted by atomic mass is 10.1.